The average molecular weight is 355 g/mol. The average Bonchev–Trinajstić information content (AvgIpc) is 2.96. The Kier molecular flexibility index (Phi) is 4.59. The second-order valence-corrected chi connectivity index (χ2v) is 7.98. The van der Waals surface area contributed by atoms with Crippen molar-refractivity contribution in [2.24, 2.45) is 0 Å². The van der Waals surface area contributed by atoms with Crippen LogP contribution in [0.4, 0.5) is 14.5 Å². The summed E-state index contributed by atoms with van der Waals surface area (Å²) in [5.41, 5.74) is 2.39. The van der Waals surface area contributed by atoms with Gasteiger partial charge >= 0.3 is 0 Å². The molecule has 0 bridgehead atoms. The molecule has 1 N–H and O–H groups in total. The van der Waals surface area contributed by atoms with Gasteiger partial charge in [-0.2, -0.15) is 8.78 Å². The van der Waals surface area contributed by atoms with Crippen LogP contribution in [-0.4, -0.2) is 14.2 Å². The van der Waals surface area contributed by atoms with E-state index in [4.69, 9.17) is 0 Å². The highest BCUT2D eigenvalue weighted by molar-refractivity contribution is 7.99. The summed E-state index contributed by atoms with van der Waals surface area (Å²) in [6.45, 7) is 0. The molecule has 0 saturated heterocycles. The summed E-state index contributed by atoms with van der Waals surface area (Å²) in [5.74, 6) is -2.61. The maximum atomic E-state index is 12.6. The van der Waals surface area contributed by atoms with Crippen LogP contribution in [0.15, 0.2) is 52.3 Å². The zero-order chi connectivity index (χ0) is 16.4. The molecule has 1 aliphatic carbocycles. The third-order valence-electron chi connectivity index (χ3n) is 3.73. The summed E-state index contributed by atoms with van der Waals surface area (Å²) >= 11 is 0.321. The molecule has 1 aliphatic rings. The van der Waals surface area contributed by atoms with E-state index in [1.807, 2.05) is 6.07 Å². The fourth-order valence-electron chi connectivity index (χ4n) is 2.67. The first kappa shape index (κ1) is 16.3. The second kappa shape index (κ2) is 6.49. The van der Waals surface area contributed by atoms with E-state index in [1.54, 1.807) is 24.3 Å². The second-order valence-electron chi connectivity index (χ2n) is 5.26. The molecule has 0 aliphatic heterocycles. The Balaban J connectivity index is 1.90. The minimum atomic E-state index is -3.80. The molecular formula is C16H15F2NO2S2. The number of alkyl halides is 2. The fraction of sp³-hybridized carbons (Fsp3) is 0.250. The van der Waals surface area contributed by atoms with Gasteiger partial charge in [-0.25, -0.2) is 8.42 Å². The molecule has 2 aromatic carbocycles. The Labute approximate surface area is 138 Å². The topological polar surface area (TPSA) is 46.2 Å². The molecule has 3 nitrogen and oxygen atoms in total. The number of hydrogen-bond donors (Lipinski definition) is 1. The van der Waals surface area contributed by atoms with Gasteiger partial charge in [0.05, 0.1) is 10.6 Å². The highest BCUT2D eigenvalue weighted by Gasteiger charge is 2.20. The molecular weight excluding hydrogens is 340 g/mol. The number of anilines is 1. The lowest BCUT2D eigenvalue weighted by molar-refractivity contribution is 0.252. The SMILES string of the molecule is O=S(=O)(Nc1ccccc1SC(F)F)c1ccc2c(c1)CCC2. The lowest BCUT2D eigenvalue weighted by Crippen LogP contribution is -2.14. The van der Waals surface area contributed by atoms with Crippen LogP contribution in [0.3, 0.4) is 0 Å². The van der Waals surface area contributed by atoms with Crippen LogP contribution in [0.5, 0.6) is 0 Å². The number of benzene rings is 2. The highest BCUT2D eigenvalue weighted by Crippen LogP contribution is 2.33. The van der Waals surface area contributed by atoms with Gasteiger partial charge in [-0.15, -0.1) is 0 Å². The van der Waals surface area contributed by atoms with E-state index >= 15 is 0 Å². The maximum absolute atomic E-state index is 12.6. The van der Waals surface area contributed by atoms with Gasteiger partial charge in [0.2, 0.25) is 0 Å². The Bertz CT molecular complexity index is 823. The fourth-order valence-corrected chi connectivity index (χ4v) is 4.46. The number of sulfonamides is 1. The predicted octanol–water partition coefficient (Wildman–Crippen LogP) is 4.29. The minimum Gasteiger partial charge on any atom is -0.278 e. The van der Waals surface area contributed by atoms with E-state index < -0.39 is 15.8 Å². The molecule has 0 amide bonds. The van der Waals surface area contributed by atoms with Crippen molar-refractivity contribution >= 4 is 27.5 Å². The minimum absolute atomic E-state index is 0.162. The van der Waals surface area contributed by atoms with Crippen molar-refractivity contribution in [2.45, 2.75) is 34.8 Å². The van der Waals surface area contributed by atoms with E-state index in [0.29, 0.717) is 11.8 Å². The lowest BCUT2D eigenvalue weighted by atomic mass is 10.1. The van der Waals surface area contributed by atoms with Crippen molar-refractivity contribution in [2.75, 3.05) is 4.72 Å². The molecule has 0 atom stereocenters. The van der Waals surface area contributed by atoms with E-state index in [2.05, 4.69) is 4.72 Å². The summed E-state index contributed by atoms with van der Waals surface area (Å²) in [4.78, 5) is 0.363. The summed E-state index contributed by atoms with van der Waals surface area (Å²) in [6, 6.07) is 11.2. The van der Waals surface area contributed by atoms with E-state index in [9.17, 15) is 17.2 Å². The molecule has 0 aromatic heterocycles. The maximum Gasteiger partial charge on any atom is 0.288 e. The van der Waals surface area contributed by atoms with Crippen molar-refractivity contribution in [1.82, 2.24) is 0 Å². The van der Waals surface area contributed by atoms with Gasteiger partial charge < -0.3 is 0 Å². The van der Waals surface area contributed by atoms with Crippen LogP contribution >= 0.6 is 11.8 Å². The number of hydrogen-bond acceptors (Lipinski definition) is 3. The molecule has 0 spiro atoms. The molecule has 0 radical (unpaired) electrons. The van der Waals surface area contributed by atoms with Gasteiger partial charge in [0.1, 0.15) is 0 Å². The van der Waals surface area contributed by atoms with Crippen LogP contribution in [0.2, 0.25) is 0 Å². The summed E-state index contributed by atoms with van der Waals surface area (Å²) in [7, 11) is -3.80. The Morgan fingerprint density at radius 1 is 1.04 bits per heavy atom. The number of rotatable bonds is 5. The smallest absolute Gasteiger partial charge is 0.278 e. The molecule has 122 valence electrons. The summed E-state index contributed by atoms with van der Waals surface area (Å²) in [6.07, 6.45) is 2.87. The van der Waals surface area contributed by atoms with Crippen molar-refractivity contribution in [3.8, 4) is 0 Å². The van der Waals surface area contributed by atoms with Gasteiger partial charge in [0, 0.05) is 4.90 Å². The van der Waals surface area contributed by atoms with Crippen LogP contribution in [0.1, 0.15) is 17.5 Å². The van der Waals surface area contributed by atoms with E-state index in [0.717, 1.165) is 24.8 Å². The third-order valence-corrected chi connectivity index (χ3v) is 5.88. The quantitative estimate of drug-likeness (QED) is 0.814. The van der Waals surface area contributed by atoms with Crippen molar-refractivity contribution < 1.29 is 17.2 Å². The molecule has 3 rings (SSSR count). The molecule has 0 heterocycles. The first-order valence-corrected chi connectivity index (χ1v) is 9.50. The molecule has 0 saturated carbocycles. The molecule has 0 fully saturated rings. The van der Waals surface area contributed by atoms with Gasteiger partial charge in [-0.1, -0.05) is 30.0 Å². The van der Waals surface area contributed by atoms with Crippen molar-refractivity contribution in [3.63, 3.8) is 0 Å². The lowest BCUT2D eigenvalue weighted by Gasteiger charge is -2.13. The van der Waals surface area contributed by atoms with E-state index in [1.165, 1.54) is 17.7 Å². The number of aryl methyl sites for hydroxylation is 2. The summed E-state index contributed by atoms with van der Waals surface area (Å²) in [5, 5.41) is 0. The monoisotopic (exact) mass is 355 g/mol. The number of thioether (sulfide) groups is 1. The molecule has 7 heteroatoms. The van der Waals surface area contributed by atoms with Crippen molar-refractivity contribution in [1.29, 1.82) is 0 Å². The molecule has 0 unspecified atom stereocenters. The zero-order valence-corrected chi connectivity index (χ0v) is 13.8. The highest BCUT2D eigenvalue weighted by atomic mass is 32.2. The standard InChI is InChI=1S/C16H15F2NO2S2/c17-16(18)22-15-7-2-1-6-14(15)19-23(20,21)13-9-8-11-4-3-5-12(11)10-13/h1-2,6-10,16,19H,3-5H2. The first-order valence-electron chi connectivity index (χ1n) is 7.14. The zero-order valence-electron chi connectivity index (χ0n) is 12.1. The van der Waals surface area contributed by atoms with E-state index in [-0.39, 0.29) is 15.5 Å². The number of para-hydroxylation sites is 1. The summed E-state index contributed by atoms with van der Waals surface area (Å²) < 4.78 is 52.7. The van der Waals surface area contributed by atoms with Gasteiger partial charge in [0.25, 0.3) is 15.8 Å². The van der Waals surface area contributed by atoms with Crippen LogP contribution in [-0.2, 0) is 22.9 Å². The number of halogens is 2. The van der Waals surface area contributed by atoms with Gasteiger partial charge in [0.15, 0.2) is 0 Å². The Morgan fingerprint density at radius 2 is 1.78 bits per heavy atom. The van der Waals surface area contributed by atoms with Crippen LogP contribution < -0.4 is 4.72 Å². The number of nitrogens with one attached hydrogen (secondary N) is 1. The first-order chi connectivity index (χ1) is 11.0. The Hall–Kier alpha value is -1.60. The van der Waals surface area contributed by atoms with Crippen LogP contribution in [0, 0.1) is 0 Å². The van der Waals surface area contributed by atoms with Crippen molar-refractivity contribution in [3.05, 3.63) is 53.6 Å². The van der Waals surface area contributed by atoms with Crippen LogP contribution in [0.25, 0.3) is 0 Å². The number of fused-ring (bicyclic) bond motifs is 1. The normalized spacial score (nSPS) is 14.0. The van der Waals surface area contributed by atoms with Gasteiger partial charge in [-0.3, -0.25) is 4.72 Å². The largest absolute Gasteiger partial charge is 0.288 e. The molecule has 2 aromatic rings. The van der Waals surface area contributed by atoms with Gasteiger partial charge in [-0.05, 0) is 54.7 Å². The predicted molar refractivity (Wildman–Crippen MR) is 87.6 cm³/mol. The third kappa shape index (κ3) is 3.67. The Morgan fingerprint density at radius 3 is 2.57 bits per heavy atom. The molecule has 23 heavy (non-hydrogen) atoms.